The van der Waals surface area contributed by atoms with Gasteiger partial charge in [0, 0.05) is 6.04 Å². The van der Waals surface area contributed by atoms with E-state index in [2.05, 4.69) is 34.6 Å². The van der Waals surface area contributed by atoms with Crippen LogP contribution < -0.4 is 5.73 Å². The van der Waals surface area contributed by atoms with Gasteiger partial charge in [0.15, 0.2) is 0 Å². The summed E-state index contributed by atoms with van der Waals surface area (Å²) in [6.45, 7) is 10.9. The molecule has 1 unspecified atom stereocenters. The van der Waals surface area contributed by atoms with Crippen LogP contribution in [0.3, 0.4) is 0 Å². The molecule has 0 aromatic carbocycles. The summed E-state index contributed by atoms with van der Waals surface area (Å²) in [5.41, 5.74) is 6.08. The highest BCUT2D eigenvalue weighted by Gasteiger charge is 2.22. The summed E-state index contributed by atoms with van der Waals surface area (Å²) in [7, 11) is 0. The predicted octanol–water partition coefficient (Wildman–Crippen LogP) is 2.02. The van der Waals surface area contributed by atoms with Gasteiger partial charge in [-0.3, -0.25) is 0 Å². The van der Waals surface area contributed by atoms with Gasteiger partial charge in [0.2, 0.25) is 0 Å². The van der Waals surface area contributed by atoms with E-state index in [0.717, 1.165) is 0 Å². The smallest absolute Gasteiger partial charge is 0.00411 e. The zero-order valence-electron chi connectivity index (χ0n) is 7.23. The van der Waals surface area contributed by atoms with Gasteiger partial charge >= 0.3 is 0 Å². The molecule has 0 rings (SSSR count). The van der Waals surface area contributed by atoms with E-state index in [-0.39, 0.29) is 0 Å². The fourth-order valence-corrected chi connectivity index (χ4v) is 0.789. The molecule has 1 heteroatoms. The number of hydrogen-bond donors (Lipinski definition) is 1. The third kappa shape index (κ3) is 2.85. The Kier molecular flexibility index (Phi) is 2.68. The van der Waals surface area contributed by atoms with Gasteiger partial charge in [0.05, 0.1) is 0 Å². The predicted molar refractivity (Wildman–Crippen MR) is 42.3 cm³/mol. The van der Waals surface area contributed by atoms with E-state index >= 15 is 0 Å². The maximum atomic E-state index is 5.72. The van der Waals surface area contributed by atoms with Crippen molar-refractivity contribution < 1.29 is 0 Å². The van der Waals surface area contributed by atoms with E-state index < -0.39 is 0 Å². The minimum atomic E-state index is 0.310. The van der Waals surface area contributed by atoms with Crippen LogP contribution in [-0.4, -0.2) is 6.04 Å². The molecule has 0 fully saturated rings. The van der Waals surface area contributed by atoms with E-state index in [4.69, 9.17) is 5.73 Å². The lowest BCUT2D eigenvalue weighted by Crippen LogP contribution is -2.33. The second-order valence-corrected chi connectivity index (χ2v) is 4.01. The van der Waals surface area contributed by atoms with Gasteiger partial charge < -0.3 is 5.73 Å². The molecule has 1 nitrogen and oxygen atoms in total. The van der Waals surface area contributed by atoms with Gasteiger partial charge in [-0.1, -0.05) is 27.7 Å². The summed E-state index contributed by atoms with van der Waals surface area (Å²) in [6, 6.07) is 0.310. The average Bonchev–Trinajstić information content (AvgIpc) is 1.62. The van der Waals surface area contributed by atoms with Crippen LogP contribution >= 0.6 is 0 Å². The third-order valence-corrected chi connectivity index (χ3v) is 2.15. The first kappa shape index (κ1) is 8.96. The zero-order valence-corrected chi connectivity index (χ0v) is 7.23. The standard InChI is InChI=1S/C8H19N/c1-6(7(2)9)8(3,4)5/h6-7H,9H2,1-5H3/t6?,7-/m1/s1. The molecule has 0 aromatic heterocycles. The molecule has 0 aliphatic rings. The summed E-state index contributed by atoms with van der Waals surface area (Å²) in [5.74, 6) is 0.595. The third-order valence-electron chi connectivity index (χ3n) is 2.15. The Bertz CT molecular complexity index is 79.1. The maximum Gasteiger partial charge on any atom is 0.00411 e. The molecule has 0 aliphatic carbocycles. The molecular weight excluding hydrogens is 110 g/mol. The Morgan fingerprint density at radius 1 is 1.11 bits per heavy atom. The van der Waals surface area contributed by atoms with Crippen molar-refractivity contribution >= 4 is 0 Å². The minimum Gasteiger partial charge on any atom is -0.328 e. The van der Waals surface area contributed by atoms with Crippen LogP contribution in [0.4, 0.5) is 0 Å². The molecule has 2 N–H and O–H groups in total. The van der Waals surface area contributed by atoms with Crippen molar-refractivity contribution in [1.29, 1.82) is 0 Å². The molecular formula is C8H19N. The summed E-state index contributed by atoms with van der Waals surface area (Å²) in [6.07, 6.45) is 0. The first-order valence-electron chi connectivity index (χ1n) is 3.61. The highest BCUT2D eigenvalue weighted by molar-refractivity contribution is 4.75. The molecule has 0 aromatic rings. The minimum absolute atomic E-state index is 0.310. The quantitative estimate of drug-likeness (QED) is 0.576. The topological polar surface area (TPSA) is 26.0 Å². The Morgan fingerprint density at radius 3 is 1.44 bits per heavy atom. The van der Waals surface area contributed by atoms with Crippen LogP contribution in [-0.2, 0) is 0 Å². The molecule has 0 saturated heterocycles. The molecule has 0 aliphatic heterocycles. The lowest BCUT2D eigenvalue weighted by atomic mass is 9.78. The van der Waals surface area contributed by atoms with Crippen molar-refractivity contribution in [2.75, 3.05) is 0 Å². The first-order chi connectivity index (χ1) is 3.85. The van der Waals surface area contributed by atoms with Gasteiger partial charge in [-0.2, -0.15) is 0 Å². The van der Waals surface area contributed by atoms with Crippen molar-refractivity contribution in [2.45, 2.75) is 40.7 Å². The Hall–Kier alpha value is -0.0400. The van der Waals surface area contributed by atoms with Gasteiger partial charge in [-0.15, -0.1) is 0 Å². The molecule has 0 radical (unpaired) electrons. The number of rotatable bonds is 1. The Morgan fingerprint density at radius 2 is 1.44 bits per heavy atom. The largest absolute Gasteiger partial charge is 0.328 e. The van der Waals surface area contributed by atoms with Gasteiger partial charge in [0.25, 0.3) is 0 Å². The Labute approximate surface area is 58.6 Å². The number of nitrogens with two attached hydrogens (primary N) is 1. The summed E-state index contributed by atoms with van der Waals surface area (Å²) >= 11 is 0. The van der Waals surface area contributed by atoms with E-state index in [1.165, 1.54) is 0 Å². The maximum absolute atomic E-state index is 5.72. The molecule has 56 valence electrons. The highest BCUT2D eigenvalue weighted by Crippen LogP contribution is 2.26. The van der Waals surface area contributed by atoms with Gasteiger partial charge in [-0.25, -0.2) is 0 Å². The van der Waals surface area contributed by atoms with E-state index in [1.807, 2.05) is 0 Å². The van der Waals surface area contributed by atoms with Gasteiger partial charge in [0.1, 0.15) is 0 Å². The van der Waals surface area contributed by atoms with E-state index in [0.29, 0.717) is 17.4 Å². The lowest BCUT2D eigenvalue weighted by Gasteiger charge is -2.30. The van der Waals surface area contributed by atoms with E-state index in [1.54, 1.807) is 0 Å². The van der Waals surface area contributed by atoms with Gasteiger partial charge in [-0.05, 0) is 18.3 Å². The normalized spacial score (nSPS) is 19.3. The van der Waals surface area contributed by atoms with Crippen LogP contribution in [0.15, 0.2) is 0 Å². The molecule has 0 bridgehead atoms. The van der Waals surface area contributed by atoms with Crippen LogP contribution in [0, 0.1) is 11.3 Å². The molecule has 0 saturated carbocycles. The van der Waals surface area contributed by atoms with Crippen LogP contribution in [0.5, 0.6) is 0 Å². The molecule has 0 amide bonds. The van der Waals surface area contributed by atoms with Crippen molar-refractivity contribution in [3.05, 3.63) is 0 Å². The van der Waals surface area contributed by atoms with E-state index in [9.17, 15) is 0 Å². The summed E-state index contributed by atoms with van der Waals surface area (Å²) in [4.78, 5) is 0. The van der Waals surface area contributed by atoms with Crippen LogP contribution in [0.1, 0.15) is 34.6 Å². The zero-order chi connectivity index (χ0) is 7.65. The monoisotopic (exact) mass is 129 g/mol. The average molecular weight is 129 g/mol. The van der Waals surface area contributed by atoms with Crippen molar-refractivity contribution in [1.82, 2.24) is 0 Å². The summed E-state index contributed by atoms with van der Waals surface area (Å²) < 4.78 is 0. The molecule has 0 spiro atoms. The molecule has 2 atom stereocenters. The fraction of sp³-hybridized carbons (Fsp3) is 1.00. The van der Waals surface area contributed by atoms with Crippen LogP contribution in [0.25, 0.3) is 0 Å². The van der Waals surface area contributed by atoms with Crippen LogP contribution in [0.2, 0.25) is 0 Å². The molecule has 0 heterocycles. The summed E-state index contributed by atoms with van der Waals surface area (Å²) in [5, 5.41) is 0. The number of hydrogen-bond acceptors (Lipinski definition) is 1. The highest BCUT2D eigenvalue weighted by atomic mass is 14.6. The Balaban J connectivity index is 3.88. The first-order valence-corrected chi connectivity index (χ1v) is 3.61. The molecule has 9 heavy (non-hydrogen) atoms. The van der Waals surface area contributed by atoms with Crippen molar-refractivity contribution in [3.8, 4) is 0 Å². The second-order valence-electron chi connectivity index (χ2n) is 4.01. The fourth-order valence-electron chi connectivity index (χ4n) is 0.789. The lowest BCUT2D eigenvalue weighted by molar-refractivity contribution is 0.230. The van der Waals surface area contributed by atoms with Crippen molar-refractivity contribution in [2.24, 2.45) is 17.1 Å². The second kappa shape index (κ2) is 2.70. The van der Waals surface area contributed by atoms with Crippen molar-refractivity contribution in [3.63, 3.8) is 0 Å². The SMILES string of the molecule is CC([C@@H](C)N)C(C)(C)C.